The summed E-state index contributed by atoms with van der Waals surface area (Å²) in [5.74, 6) is 0.436. The normalized spacial score (nSPS) is 38.5. The largest absolute Gasteiger partial charge is 0.498 e. The van der Waals surface area contributed by atoms with E-state index in [0.717, 1.165) is 19.1 Å². The van der Waals surface area contributed by atoms with Crippen LogP contribution in [0.15, 0.2) is 24.5 Å². The third-order valence-electron chi connectivity index (χ3n) is 2.63. The number of aldehydes is 1. The maximum Gasteiger partial charge on any atom is 0.127 e. The smallest absolute Gasteiger partial charge is 0.127 e. The van der Waals surface area contributed by atoms with E-state index >= 15 is 0 Å². The van der Waals surface area contributed by atoms with Crippen molar-refractivity contribution < 1.29 is 9.53 Å². The SMILES string of the molecule is O=CC1C=COC2CC=CCC12. The van der Waals surface area contributed by atoms with Gasteiger partial charge >= 0.3 is 0 Å². The predicted octanol–water partition coefficient (Wildman–Crippen LogP) is 1.68. The van der Waals surface area contributed by atoms with Crippen molar-refractivity contribution in [1.82, 2.24) is 0 Å². The Balaban J connectivity index is 2.17. The fourth-order valence-electron chi connectivity index (χ4n) is 1.90. The molecule has 0 radical (unpaired) electrons. The second-order valence-electron chi connectivity index (χ2n) is 3.32. The molecular formula is C10H12O2. The highest BCUT2D eigenvalue weighted by Crippen LogP contribution is 2.31. The third-order valence-corrected chi connectivity index (χ3v) is 2.63. The molecule has 0 N–H and O–H groups in total. The zero-order valence-corrected chi connectivity index (χ0v) is 6.85. The van der Waals surface area contributed by atoms with Crippen LogP contribution in [0.25, 0.3) is 0 Å². The Kier molecular flexibility index (Phi) is 1.98. The van der Waals surface area contributed by atoms with Crippen molar-refractivity contribution in [2.45, 2.75) is 18.9 Å². The van der Waals surface area contributed by atoms with Gasteiger partial charge < -0.3 is 9.53 Å². The molecule has 2 nitrogen and oxygen atoms in total. The molecule has 0 bridgehead atoms. The van der Waals surface area contributed by atoms with Crippen LogP contribution in [0, 0.1) is 11.8 Å². The van der Waals surface area contributed by atoms with E-state index < -0.39 is 0 Å². The summed E-state index contributed by atoms with van der Waals surface area (Å²) in [6, 6.07) is 0. The van der Waals surface area contributed by atoms with Gasteiger partial charge in [-0.25, -0.2) is 0 Å². The summed E-state index contributed by atoms with van der Waals surface area (Å²) >= 11 is 0. The summed E-state index contributed by atoms with van der Waals surface area (Å²) in [5.41, 5.74) is 0. The molecule has 0 amide bonds. The lowest BCUT2D eigenvalue weighted by atomic mass is 9.80. The number of carbonyl (C=O) groups excluding carboxylic acids is 1. The van der Waals surface area contributed by atoms with Crippen LogP contribution < -0.4 is 0 Å². The van der Waals surface area contributed by atoms with Gasteiger partial charge in [0.2, 0.25) is 0 Å². The van der Waals surface area contributed by atoms with Crippen molar-refractivity contribution in [1.29, 1.82) is 0 Å². The molecule has 0 spiro atoms. The average molecular weight is 164 g/mol. The van der Waals surface area contributed by atoms with Crippen LogP contribution in [-0.2, 0) is 9.53 Å². The van der Waals surface area contributed by atoms with E-state index in [-0.39, 0.29) is 12.0 Å². The van der Waals surface area contributed by atoms with E-state index in [1.807, 2.05) is 6.08 Å². The molecule has 12 heavy (non-hydrogen) atoms. The number of hydrogen-bond donors (Lipinski definition) is 0. The van der Waals surface area contributed by atoms with Crippen molar-refractivity contribution in [3.63, 3.8) is 0 Å². The quantitative estimate of drug-likeness (QED) is 0.435. The fourth-order valence-corrected chi connectivity index (χ4v) is 1.90. The Morgan fingerprint density at radius 1 is 1.33 bits per heavy atom. The Morgan fingerprint density at radius 3 is 3.00 bits per heavy atom. The summed E-state index contributed by atoms with van der Waals surface area (Å²) in [6.07, 6.45) is 11.0. The lowest BCUT2D eigenvalue weighted by Crippen LogP contribution is -2.33. The van der Waals surface area contributed by atoms with Gasteiger partial charge in [-0.2, -0.15) is 0 Å². The van der Waals surface area contributed by atoms with Crippen molar-refractivity contribution in [2.75, 3.05) is 0 Å². The standard InChI is InChI=1S/C10H12O2/c11-7-8-5-6-12-10-4-2-1-3-9(8)10/h1-2,5-10H,3-4H2. The van der Waals surface area contributed by atoms with Crippen molar-refractivity contribution in [3.05, 3.63) is 24.5 Å². The van der Waals surface area contributed by atoms with Crippen LogP contribution in [0.2, 0.25) is 0 Å². The molecule has 0 aromatic rings. The van der Waals surface area contributed by atoms with E-state index in [9.17, 15) is 4.79 Å². The summed E-state index contributed by atoms with van der Waals surface area (Å²) in [6.45, 7) is 0. The fraction of sp³-hybridized carbons (Fsp3) is 0.500. The first kappa shape index (κ1) is 7.59. The summed E-state index contributed by atoms with van der Waals surface area (Å²) in [5, 5.41) is 0. The number of ether oxygens (including phenoxy) is 1. The minimum Gasteiger partial charge on any atom is -0.498 e. The molecule has 0 saturated carbocycles. The highest BCUT2D eigenvalue weighted by Gasteiger charge is 2.31. The number of hydrogen-bond acceptors (Lipinski definition) is 2. The van der Waals surface area contributed by atoms with E-state index in [1.54, 1.807) is 6.26 Å². The van der Waals surface area contributed by atoms with Gasteiger partial charge in [0.1, 0.15) is 12.4 Å². The van der Waals surface area contributed by atoms with Gasteiger partial charge in [0.15, 0.2) is 0 Å². The van der Waals surface area contributed by atoms with E-state index in [4.69, 9.17) is 4.74 Å². The van der Waals surface area contributed by atoms with E-state index in [2.05, 4.69) is 12.2 Å². The molecule has 0 fully saturated rings. The highest BCUT2D eigenvalue weighted by atomic mass is 16.5. The molecule has 64 valence electrons. The maximum atomic E-state index is 10.7. The molecule has 1 heterocycles. The molecule has 0 aromatic heterocycles. The van der Waals surface area contributed by atoms with Crippen LogP contribution in [0.1, 0.15) is 12.8 Å². The van der Waals surface area contributed by atoms with E-state index in [0.29, 0.717) is 5.92 Å². The lowest BCUT2D eigenvalue weighted by molar-refractivity contribution is -0.113. The zero-order valence-electron chi connectivity index (χ0n) is 6.85. The van der Waals surface area contributed by atoms with Crippen molar-refractivity contribution in [3.8, 4) is 0 Å². The molecule has 0 aromatic carbocycles. The van der Waals surface area contributed by atoms with Crippen LogP contribution in [0.5, 0.6) is 0 Å². The van der Waals surface area contributed by atoms with Crippen molar-refractivity contribution >= 4 is 6.29 Å². The number of carbonyl (C=O) groups is 1. The Labute approximate surface area is 71.9 Å². The average Bonchev–Trinajstić information content (AvgIpc) is 2.17. The second-order valence-corrected chi connectivity index (χ2v) is 3.32. The molecule has 1 aliphatic carbocycles. The first-order valence-electron chi connectivity index (χ1n) is 4.34. The Hall–Kier alpha value is -1.05. The van der Waals surface area contributed by atoms with Crippen LogP contribution >= 0.6 is 0 Å². The van der Waals surface area contributed by atoms with Gasteiger partial charge in [0.25, 0.3) is 0 Å². The minimum absolute atomic E-state index is 0.0636. The molecule has 2 aliphatic rings. The first-order chi connectivity index (χ1) is 5.92. The molecule has 1 aliphatic heterocycles. The number of rotatable bonds is 1. The van der Waals surface area contributed by atoms with Gasteiger partial charge in [0.05, 0.1) is 6.26 Å². The number of allylic oxidation sites excluding steroid dienone is 2. The maximum absolute atomic E-state index is 10.7. The minimum atomic E-state index is 0.0636. The van der Waals surface area contributed by atoms with Gasteiger partial charge in [-0.3, -0.25) is 0 Å². The summed E-state index contributed by atoms with van der Waals surface area (Å²) in [7, 11) is 0. The highest BCUT2D eigenvalue weighted by molar-refractivity contribution is 5.57. The van der Waals surface area contributed by atoms with Gasteiger partial charge in [-0.05, 0) is 12.5 Å². The third kappa shape index (κ3) is 1.17. The van der Waals surface area contributed by atoms with Crippen molar-refractivity contribution in [2.24, 2.45) is 11.8 Å². The van der Waals surface area contributed by atoms with Gasteiger partial charge in [0, 0.05) is 18.3 Å². The Morgan fingerprint density at radius 2 is 2.17 bits per heavy atom. The molecular weight excluding hydrogens is 152 g/mol. The summed E-state index contributed by atoms with van der Waals surface area (Å²) in [4.78, 5) is 10.7. The monoisotopic (exact) mass is 164 g/mol. The summed E-state index contributed by atoms with van der Waals surface area (Å²) < 4.78 is 5.42. The predicted molar refractivity (Wildman–Crippen MR) is 45.4 cm³/mol. The number of fused-ring (bicyclic) bond motifs is 1. The van der Waals surface area contributed by atoms with E-state index in [1.165, 1.54) is 0 Å². The van der Waals surface area contributed by atoms with Gasteiger partial charge in [-0.1, -0.05) is 12.2 Å². The molecule has 3 atom stereocenters. The zero-order chi connectivity index (χ0) is 8.39. The topological polar surface area (TPSA) is 26.3 Å². The molecule has 3 unspecified atom stereocenters. The molecule has 2 rings (SSSR count). The van der Waals surface area contributed by atoms with Crippen LogP contribution in [-0.4, -0.2) is 12.4 Å². The second kappa shape index (κ2) is 3.13. The molecule has 0 saturated heterocycles. The van der Waals surface area contributed by atoms with Gasteiger partial charge in [-0.15, -0.1) is 0 Å². The lowest BCUT2D eigenvalue weighted by Gasteiger charge is -2.33. The molecule has 2 heteroatoms. The van der Waals surface area contributed by atoms with Crippen LogP contribution in [0.3, 0.4) is 0 Å². The Bertz CT molecular complexity index is 230. The first-order valence-corrected chi connectivity index (χ1v) is 4.34. The van der Waals surface area contributed by atoms with Crippen LogP contribution in [0.4, 0.5) is 0 Å².